The van der Waals surface area contributed by atoms with Gasteiger partial charge in [0.1, 0.15) is 12.1 Å². The van der Waals surface area contributed by atoms with E-state index in [-0.39, 0.29) is 30.0 Å². The molecule has 1 heterocycles. The molecule has 2 aromatic carbocycles. The summed E-state index contributed by atoms with van der Waals surface area (Å²) in [5.41, 5.74) is 0.612. The van der Waals surface area contributed by atoms with E-state index in [9.17, 15) is 27.2 Å². The Kier molecular flexibility index (Phi) is 9.29. The zero-order valence-electron chi connectivity index (χ0n) is 18.3. The lowest BCUT2D eigenvalue weighted by molar-refractivity contribution is -0.107. The molecule has 0 spiro atoms. The van der Waals surface area contributed by atoms with E-state index in [0.29, 0.717) is 17.5 Å². The number of hydrogen-bond acceptors (Lipinski definition) is 5. The molecule has 0 unspecified atom stereocenters. The van der Waals surface area contributed by atoms with Gasteiger partial charge < -0.3 is 19.4 Å². The van der Waals surface area contributed by atoms with Gasteiger partial charge in [0.2, 0.25) is 5.95 Å². The van der Waals surface area contributed by atoms with Crippen LogP contribution in [0.1, 0.15) is 23.6 Å². The molecule has 3 rings (SSSR count). The number of carbonyl (C=O) groups excluding carboxylic acids is 1. The number of anilines is 2. The van der Waals surface area contributed by atoms with Gasteiger partial charge in [-0.05, 0) is 48.7 Å². The van der Waals surface area contributed by atoms with Crippen LogP contribution in [0, 0.1) is 30.2 Å². The molecule has 1 N–H and O–H groups in total. The lowest BCUT2D eigenvalue weighted by Crippen LogP contribution is -2.16. The Morgan fingerprint density at radius 2 is 1.73 bits per heavy atom. The van der Waals surface area contributed by atoms with Crippen LogP contribution in [0.4, 0.5) is 29.2 Å². The highest BCUT2D eigenvalue weighted by Crippen LogP contribution is 2.24. The minimum Gasteiger partial charge on any atom is -0.385 e. The molecule has 0 atom stereocenters. The first-order valence-electron chi connectivity index (χ1n) is 9.89. The predicted molar refractivity (Wildman–Crippen MR) is 116 cm³/mol. The van der Waals surface area contributed by atoms with Gasteiger partial charge in [-0.15, -0.1) is 0 Å². The van der Waals surface area contributed by atoms with Crippen molar-refractivity contribution in [3.63, 3.8) is 0 Å². The van der Waals surface area contributed by atoms with Crippen molar-refractivity contribution in [3.05, 3.63) is 86.8 Å². The number of aryl methyl sites for hydroxylation is 1. The Balaban J connectivity index is 0.000000890. The molecule has 0 bridgehead atoms. The van der Waals surface area contributed by atoms with Crippen LogP contribution in [-0.4, -0.2) is 29.6 Å². The summed E-state index contributed by atoms with van der Waals surface area (Å²) in [6.07, 6.45) is 1.84. The van der Waals surface area contributed by atoms with E-state index in [0.717, 1.165) is 30.9 Å². The van der Waals surface area contributed by atoms with Crippen molar-refractivity contribution in [2.24, 2.45) is 0 Å². The first kappa shape index (κ1) is 25.7. The summed E-state index contributed by atoms with van der Waals surface area (Å²) in [4.78, 5) is 26.1. The summed E-state index contributed by atoms with van der Waals surface area (Å²) in [5.74, 6) is -4.88. The predicted octanol–water partition coefficient (Wildman–Crippen LogP) is 4.29. The number of ether oxygens (including phenoxy) is 1. The summed E-state index contributed by atoms with van der Waals surface area (Å²) in [6, 6.07) is 5.46. The number of carbonyl (C=O) groups is 1. The molecule has 0 radical (unpaired) electrons. The van der Waals surface area contributed by atoms with E-state index in [1.807, 2.05) is 6.92 Å². The van der Waals surface area contributed by atoms with E-state index < -0.39 is 28.8 Å². The molecule has 0 aliphatic heterocycles. The smallest absolute Gasteiger partial charge is 0.274 e. The van der Waals surface area contributed by atoms with E-state index in [1.165, 1.54) is 16.8 Å². The number of halogens is 4. The Morgan fingerprint density at radius 3 is 2.30 bits per heavy atom. The normalized spacial score (nSPS) is 10.4. The van der Waals surface area contributed by atoms with Crippen LogP contribution in [0.5, 0.6) is 0 Å². The molecule has 3 aromatic rings. The Labute approximate surface area is 187 Å². The van der Waals surface area contributed by atoms with Crippen molar-refractivity contribution in [2.75, 3.05) is 19.0 Å². The van der Waals surface area contributed by atoms with Gasteiger partial charge >= 0.3 is 0 Å². The number of nitrogens with zero attached hydrogens (tertiary/aromatic N) is 2. The maximum Gasteiger partial charge on any atom is 0.274 e. The maximum atomic E-state index is 14.2. The van der Waals surface area contributed by atoms with Gasteiger partial charge in [-0.2, -0.15) is 4.98 Å². The van der Waals surface area contributed by atoms with Crippen molar-refractivity contribution in [1.29, 1.82) is 0 Å². The molecular formula is C23H23F4N3O3. The third kappa shape index (κ3) is 6.98. The zero-order valence-corrected chi connectivity index (χ0v) is 18.3. The van der Waals surface area contributed by atoms with Crippen molar-refractivity contribution in [3.8, 4) is 0 Å². The second kappa shape index (κ2) is 11.9. The first-order chi connectivity index (χ1) is 15.7. The molecule has 0 saturated carbocycles. The second-order valence-corrected chi connectivity index (χ2v) is 6.92. The fourth-order valence-electron chi connectivity index (χ4n) is 2.80. The van der Waals surface area contributed by atoms with Crippen LogP contribution >= 0.6 is 0 Å². The number of methoxy groups -OCH3 is 1. The van der Waals surface area contributed by atoms with E-state index >= 15 is 0 Å². The van der Waals surface area contributed by atoms with Gasteiger partial charge in [0, 0.05) is 38.1 Å². The van der Waals surface area contributed by atoms with E-state index in [4.69, 9.17) is 0 Å². The van der Waals surface area contributed by atoms with Crippen molar-refractivity contribution >= 4 is 17.9 Å². The Hall–Kier alpha value is -3.53. The van der Waals surface area contributed by atoms with E-state index in [1.54, 1.807) is 14.0 Å². The second-order valence-electron chi connectivity index (χ2n) is 6.92. The minimum absolute atomic E-state index is 0.00622. The molecule has 0 amide bonds. The summed E-state index contributed by atoms with van der Waals surface area (Å²) in [6.45, 7) is 4.32. The van der Waals surface area contributed by atoms with Gasteiger partial charge in [0.15, 0.2) is 17.5 Å². The number of hydrogen-bond donors (Lipinski definition) is 1. The molecule has 0 aliphatic rings. The SMILES string of the molecule is CCOC.Cc1cc(CC=O)c(F)cc1Nc1nc(=O)ccn1Cc1cc(F)c(F)c(F)c1. The molecule has 1 aromatic heterocycles. The molecule has 0 fully saturated rings. The van der Waals surface area contributed by atoms with Crippen LogP contribution in [-0.2, 0) is 22.5 Å². The van der Waals surface area contributed by atoms with Crippen molar-refractivity contribution in [2.45, 2.75) is 26.8 Å². The summed E-state index contributed by atoms with van der Waals surface area (Å²) in [7, 11) is 1.68. The van der Waals surface area contributed by atoms with E-state index in [2.05, 4.69) is 15.0 Å². The lowest BCUT2D eigenvalue weighted by Gasteiger charge is -2.16. The number of aldehydes is 1. The van der Waals surface area contributed by atoms with Crippen molar-refractivity contribution in [1.82, 2.24) is 9.55 Å². The maximum absolute atomic E-state index is 14.2. The van der Waals surface area contributed by atoms with Crippen LogP contribution < -0.4 is 10.9 Å². The first-order valence-corrected chi connectivity index (χ1v) is 9.89. The Bertz CT molecular complexity index is 1160. The fourth-order valence-corrected chi connectivity index (χ4v) is 2.80. The standard InChI is InChI=1S/C20H15F4N3O2.C3H8O/c1-11-6-13(3-5-28)14(21)9-17(11)25-20-26-18(29)2-4-27(20)10-12-7-15(22)19(24)16(23)8-12;1-3-4-2/h2,4-9H,3,10H2,1H3,(H,25,26,29);3H2,1-2H3. The van der Waals surface area contributed by atoms with Crippen LogP contribution in [0.15, 0.2) is 41.3 Å². The molecule has 33 heavy (non-hydrogen) atoms. The molecule has 6 nitrogen and oxygen atoms in total. The zero-order chi connectivity index (χ0) is 24.5. The highest BCUT2D eigenvalue weighted by molar-refractivity contribution is 5.62. The molecule has 0 saturated heterocycles. The third-order valence-electron chi connectivity index (χ3n) is 4.51. The largest absolute Gasteiger partial charge is 0.385 e. The van der Waals surface area contributed by atoms with Crippen LogP contribution in [0.3, 0.4) is 0 Å². The summed E-state index contributed by atoms with van der Waals surface area (Å²) >= 11 is 0. The Morgan fingerprint density at radius 1 is 1.09 bits per heavy atom. The van der Waals surface area contributed by atoms with Gasteiger partial charge in [-0.25, -0.2) is 17.6 Å². The minimum atomic E-state index is -1.58. The average Bonchev–Trinajstić information content (AvgIpc) is 2.77. The monoisotopic (exact) mass is 465 g/mol. The lowest BCUT2D eigenvalue weighted by atomic mass is 10.1. The number of aromatic nitrogens is 2. The quantitative estimate of drug-likeness (QED) is 0.320. The van der Waals surface area contributed by atoms with Gasteiger partial charge in [-0.3, -0.25) is 4.79 Å². The highest BCUT2D eigenvalue weighted by atomic mass is 19.2. The number of rotatable bonds is 7. The number of nitrogens with one attached hydrogen (secondary N) is 1. The summed E-state index contributed by atoms with van der Waals surface area (Å²) < 4.78 is 60.2. The summed E-state index contributed by atoms with van der Waals surface area (Å²) in [5, 5.41) is 2.81. The van der Waals surface area contributed by atoms with Crippen LogP contribution in [0.25, 0.3) is 0 Å². The highest BCUT2D eigenvalue weighted by Gasteiger charge is 2.13. The molecule has 0 aliphatic carbocycles. The van der Waals surface area contributed by atoms with Gasteiger partial charge in [0.05, 0.1) is 6.54 Å². The molecule has 10 heteroatoms. The topological polar surface area (TPSA) is 73.2 Å². The van der Waals surface area contributed by atoms with Crippen LogP contribution in [0.2, 0.25) is 0 Å². The molecular weight excluding hydrogens is 442 g/mol. The third-order valence-corrected chi connectivity index (χ3v) is 4.51. The molecule has 176 valence electrons. The fraction of sp³-hybridized carbons (Fsp3) is 0.261. The average molecular weight is 465 g/mol. The van der Waals surface area contributed by atoms with Gasteiger partial charge in [-0.1, -0.05) is 6.07 Å². The number of benzene rings is 2. The van der Waals surface area contributed by atoms with Crippen molar-refractivity contribution < 1.29 is 27.1 Å². The van der Waals surface area contributed by atoms with Gasteiger partial charge in [0.25, 0.3) is 5.56 Å².